The molecular formula is C21H38N8O8. The van der Waals surface area contributed by atoms with E-state index in [2.05, 4.69) is 20.9 Å². The minimum absolute atomic E-state index is 0.0360. The zero-order valence-corrected chi connectivity index (χ0v) is 20.9. The third kappa shape index (κ3) is 13.6. The molecule has 0 saturated carbocycles. The van der Waals surface area contributed by atoms with Gasteiger partial charge in [-0.1, -0.05) is 20.3 Å². The first-order chi connectivity index (χ1) is 17.2. The number of hydrogen-bond acceptors (Lipinski definition) is 8. The van der Waals surface area contributed by atoms with Crippen molar-refractivity contribution in [1.82, 2.24) is 16.0 Å². The SMILES string of the molecule is CCC(C)C(N)C(=O)NC(CCCN=C(N)N)C(=O)NC(CCC(=O)O)C(=O)NC(CC(N)=O)C(=O)O. The normalized spacial score (nSPS) is 14.7. The minimum Gasteiger partial charge on any atom is -0.481 e. The smallest absolute Gasteiger partial charge is 0.326 e. The van der Waals surface area contributed by atoms with Crippen molar-refractivity contribution >= 4 is 41.5 Å². The Labute approximate surface area is 214 Å². The summed E-state index contributed by atoms with van der Waals surface area (Å²) in [5.41, 5.74) is 21.5. The molecule has 0 aliphatic carbocycles. The maximum atomic E-state index is 13.1. The highest BCUT2D eigenvalue weighted by atomic mass is 16.4. The standard InChI is InChI=1S/C21H38N8O8/c1-3-10(2)16(23)19(35)28-11(5-4-8-26-21(24)25)17(33)27-12(6-7-15(31)32)18(34)29-13(20(36)37)9-14(22)30/h10-13,16H,3-9,23H2,1-2H3,(H2,22,30)(H,27,33)(H,28,35)(H,29,34)(H,31,32)(H,36,37)(H4,24,25,26). The second kappa shape index (κ2) is 16.7. The van der Waals surface area contributed by atoms with Crippen LogP contribution in [0.1, 0.15) is 52.4 Å². The first-order valence-electron chi connectivity index (χ1n) is 11.6. The van der Waals surface area contributed by atoms with E-state index in [1.54, 1.807) is 6.92 Å². The van der Waals surface area contributed by atoms with Gasteiger partial charge in [-0.05, 0) is 25.2 Å². The number of carbonyl (C=O) groups excluding carboxylic acids is 4. The van der Waals surface area contributed by atoms with Gasteiger partial charge in [-0.25, -0.2) is 4.79 Å². The molecule has 210 valence electrons. The molecule has 0 fully saturated rings. The number of aliphatic imine (C=N–C) groups is 1. The number of hydrogen-bond donors (Lipinski definition) is 9. The van der Waals surface area contributed by atoms with Crippen molar-refractivity contribution in [3.8, 4) is 0 Å². The third-order valence-corrected chi connectivity index (χ3v) is 5.44. The quantitative estimate of drug-likeness (QED) is 0.0480. The molecule has 0 radical (unpaired) electrons. The lowest BCUT2D eigenvalue weighted by Gasteiger charge is -2.26. The molecule has 0 aromatic heterocycles. The van der Waals surface area contributed by atoms with Crippen LogP contribution in [0.3, 0.4) is 0 Å². The van der Waals surface area contributed by atoms with Gasteiger partial charge in [0.05, 0.1) is 12.5 Å². The van der Waals surface area contributed by atoms with Crippen LogP contribution in [0.4, 0.5) is 0 Å². The third-order valence-electron chi connectivity index (χ3n) is 5.44. The molecule has 0 aromatic rings. The van der Waals surface area contributed by atoms with Crippen molar-refractivity contribution in [2.45, 2.75) is 76.5 Å². The first-order valence-corrected chi connectivity index (χ1v) is 11.6. The van der Waals surface area contributed by atoms with E-state index in [4.69, 9.17) is 28.0 Å². The second-order valence-electron chi connectivity index (χ2n) is 8.48. The maximum Gasteiger partial charge on any atom is 0.326 e. The Bertz CT molecular complexity index is 861. The summed E-state index contributed by atoms with van der Waals surface area (Å²) >= 11 is 0. The van der Waals surface area contributed by atoms with E-state index in [1.165, 1.54) is 0 Å². The summed E-state index contributed by atoms with van der Waals surface area (Å²) in [4.78, 5) is 75.7. The number of nitrogens with one attached hydrogen (secondary N) is 3. The number of carboxylic acids is 2. The predicted molar refractivity (Wildman–Crippen MR) is 131 cm³/mol. The maximum absolute atomic E-state index is 13.1. The van der Waals surface area contributed by atoms with E-state index >= 15 is 0 Å². The number of carbonyl (C=O) groups is 6. The summed E-state index contributed by atoms with van der Waals surface area (Å²) in [7, 11) is 0. The molecule has 0 aromatic carbocycles. The van der Waals surface area contributed by atoms with Gasteiger partial charge in [-0.3, -0.25) is 29.0 Å². The molecule has 0 aliphatic rings. The zero-order chi connectivity index (χ0) is 28.7. The van der Waals surface area contributed by atoms with Crippen LogP contribution < -0.4 is 38.9 Å². The minimum atomic E-state index is -1.70. The average Bonchev–Trinajstić information content (AvgIpc) is 2.80. The molecule has 16 nitrogen and oxygen atoms in total. The summed E-state index contributed by atoms with van der Waals surface area (Å²) in [6.45, 7) is 3.73. The highest BCUT2D eigenvalue weighted by Gasteiger charge is 2.31. The molecule has 0 saturated heterocycles. The van der Waals surface area contributed by atoms with Crippen molar-refractivity contribution in [3.63, 3.8) is 0 Å². The van der Waals surface area contributed by atoms with E-state index in [0.29, 0.717) is 6.42 Å². The summed E-state index contributed by atoms with van der Waals surface area (Å²) < 4.78 is 0. The van der Waals surface area contributed by atoms with Crippen molar-refractivity contribution in [2.24, 2.45) is 33.8 Å². The molecule has 0 bridgehead atoms. The number of rotatable bonds is 18. The summed E-state index contributed by atoms with van der Waals surface area (Å²) in [6.07, 6.45) is -0.793. The summed E-state index contributed by atoms with van der Waals surface area (Å²) in [5, 5.41) is 25.2. The molecule has 0 rings (SSSR count). The lowest BCUT2D eigenvalue weighted by Crippen LogP contribution is -2.57. The van der Waals surface area contributed by atoms with Crippen LogP contribution in [0.5, 0.6) is 0 Å². The van der Waals surface area contributed by atoms with E-state index in [1.807, 2.05) is 6.92 Å². The van der Waals surface area contributed by atoms with Crippen LogP contribution in [-0.4, -0.2) is 82.5 Å². The molecule has 4 amide bonds. The van der Waals surface area contributed by atoms with Crippen LogP contribution in [0.25, 0.3) is 0 Å². The molecule has 16 heteroatoms. The Morgan fingerprint density at radius 3 is 1.81 bits per heavy atom. The molecule has 0 aliphatic heterocycles. The summed E-state index contributed by atoms with van der Waals surface area (Å²) in [6, 6.07) is -5.32. The van der Waals surface area contributed by atoms with Gasteiger partial charge in [-0.2, -0.15) is 0 Å². The van der Waals surface area contributed by atoms with Crippen molar-refractivity contribution in [2.75, 3.05) is 6.54 Å². The molecular weight excluding hydrogens is 492 g/mol. The molecule has 37 heavy (non-hydrogen) atoms. The number of carboxylic acid groups (broad SMARTS) is 2. The van der Waals surface area contributed by atoms with E-state index in [9.17, 15) is 33.9 Å². The van der Waals surface area contributed by atoms with Gasteiger partial charge in [0.25, 0.3) is 0 Å². The number of nitrogens with two attached hydrogens (primary N) is 4. The number of guanidine groups is 1. The monoisotopic (exact) mass is 530 g/mol. The van der Waals surface area contributed by atoms with Crippen LogP contribution in [0, 0.1) is 5.92 Å². The van der Waals surface area contributed by atoms with Crippen LogP contribution in [0.2, 0.25) is 0 Å². The van der Waals surface area contributed by atoms with Gasteiger partial charge in [0.1, 0.15) is 18.1 Å². The van der Waals surface area contributed by atoms with Crippen molar-refractivity contribution in [1.29, 1.82) is 0 Å². The highest BCUT2D eigenvalue weighted by molar-refractivity contribution is 5.95. The average molecular weight is 531 g/mol. The Morgan fingerprint density at radius 1 is 0.838 bits per heavy atom. The number of nitrogens with zero attached hydrogens (tertiary/aromatic N) is 1. The Morgan fingerprint density at radius 2 is 1.35 bits per heavy atom. The fourth-order valence-corrected chi connectivity index (χ4v) is 3.04. The van der Waals surface area contributed by atoms with Crippen molar-refractivity contribution in [3.05, 3.63) is 0 Å². The first kappa shape index (κ1) is 33.0. The zero-order valence-electron chi connectivity index (χ0n) is 20.9. The number of primary amides is 1. The van der Waals surface area contributed by atoms with E-state index in [-0.39, 0.29) is 31.3 Å². The molecule has 0 heterocycles. The Kier molecular flexibility index (Phi) is 14.9. The van der Waals surface area contributed by atoms with Gasteiger partial charge >= 0.3 is 11.9 Å². The Hall–Kier alpha value is -3.95. The highest BCUT2D eigenvalue weighted by Crippen LogP contribution is 2.08. The lowest BCUT2D eigenvalue weighted by atomic mass is 9.98. The number of aliphatic carboxylic acids is 2. The second-order valence-corrected chi connectivity index (χ2v) is 8.48. The predicted octanol–water partition coefficient (Wildman–Crippen LogP) is -3.31. The van der Waals surface area contributed by atoms with Crippen molar-refractivity contribution < 1.29 is 39.0 Å². The van der Waals surface area contributed by atoms with Gasteiger partial charge in [-0.15, -0.1) is 0 Å². The van der Waals surface area contributed by atoms with Gasteiger partial charge in [0.2, 0.25) is 23.6 Å². The fourth-order valence-electron chi connectivity index (χ4n) is 3.04. The van der Waals surface area contributed by atoms with Crippen LogP contribution in [0.15, 0.2) is 4.99 Å². The topological polar surface area (TPSA) is 295 Å². The van der Waals surface area contributed by atoms with Crippen LogP contribution >= 0.6 is 0 Å². The van der Waals surface area contributed by atoms with Gasteiger partial charge in [0.15, 0.2) is 5.96 Å². The van der Waals surface area contributed by atoms with E-state index in [0.717, 1.165) is 0 Å². The number of amides is 4. The molecule has 13 N–H and O–H groups in total. The van der Waals surface area contributed by atoms with Gasteiger partial charge < -0.3 is 49.1 Å². The fraction of sp³-hybridized carbons (Fsp3) is 0.667. The molecule has 5 unspecified atom stereocenters. The Balaban J connectivity index is 5.74. The van der Waals surface area contributed by atoms with E-state index < -0.39 is 79.0 Å². The molecule has 0 spiro atoms. The summed E-state index contributed by atoms with van der Waals surface area (Å²) in [5.74, 6) is -6.71. The lowest BCUT2D eigenvalue weighted by molar-refractivity contribution is -0.144. The van der Waals surface area contributed by atoms with Crippen LogP contribution in [-0.2, 0) is 28.8 Å². The van der Waals surface area contributed by atoms with Gasteiger partial charge in [0, 0.05) is 13.0 Å². The largest absolute Gasteiger partial charge is 0.481 e. The molecule has 5 atom stereocenters.